The van der Waals surface area contributed by atoms with Gasteiger partial charge >= 0.3 is 0 Å². The first-order valence-corrected chi connectivity index (χ1v) is 10.5. The number of β-amino-alcohol motifs (C(OH)–C–C–N with tert-alkyl or cyclic N) is 1. The van der Waals surface area contributed by atoms with Gasteiger partial charge < -0.3 is 14.6 Å². The van der Waals surface area contributed by atoms with Crippen LogP contribution in [0.25, 0.3) is 0 Å². The fraction of sp³-hybridized carbons (Fsp3) is 0.684. The van der Waals surface area contributed by atoms with Crippen LogP contribution in [0.4, 0.5) is 0 Å². The normalized spacial score (nSPS) is 21.6. The predicted octanol–water partition coefficient (Wildman–Crippen LogP) is 1.70. The average molecular weight is 367 g/mol. The van der Waals surface area contributed by atoms with E-state index in [0.29, 0.717) is 13.2 Å². The van der Waals surface area contributed by atoms with Gasteiger partial charge in [0.2, 0.25) is 0 Å². The molecule has 3 rings (SSSR count). The molecule has 0 saturated carbocycles. The lowest BCUT2D eigenvalue weighted by Crippen LogP contribution is -2.40. The van der Waals surface area contributed by atoms with Crippen molar-refractivity contribution in [1.82, 2.24) is 9.80 Å². The van der Waals surface area contributed by atoms with Crippen LogP contribution in [0.15, 0.2) is 24.3 Å². The molecule has 2 fully saturated rings. The van der Waals surface area contributed by atoms with Gasteiger partial charge in [-0.2, -0.15) is 11.8 Å². The number of ether oxygens (including phenoxy) is 2. The Morgan fingerprint density at radius 3 is 2.80 bits per heavy atom. The third kappa shape index (κ3) is 6.46. The van der Waals surface area contributed by atoms with E-state index in [-0.39, 0.29) is 0 Å². The van der Waals surface area contributed by atoms with E-state index in [2.05, 4.69) is 21.9 Å². The molecule has 1 aromatic carbocycles. The van der Waals surface area contributed by atoms with E-state index >= 15 is 0 Å². The van der Waals surface area contributed by atoms with E-state index < -0.39 is 6.10 Å². The monoisotopic (exact) mass is 366 g/mol. The molecule has 1 N–H and O–H groups in total. The molecular formula is C19H30N2O3S. The van der Waals surface area contributed by atoms with Crippen LogP contribution < -0.4 is 4.74 Å². The van der Waals surface area contributed by atoms with Crippen molar-refractivity contribution in [3.8, 4) is 5.75 Å². The molecule has 140 valence electrons. The number of hydrogen-bond donors (Lipinski definition) is 1. The van der Waals surface area contributed by atoms with E-state index in [1.807, 2.05) is 23.9 Å². The first-order chi connectivity index (χ1) is 12.3. The lowest BCUT2D eigenvalue weighted by molar-refractivity contribution is 0.0708. The first kappa shape index (κ1) is 19.0. The third-order valence-electron chi connectivity index (χ3n) is 4.69. The van der Waals surface area contributed by atoms with Crippen molar-refractivity contribution in [2.24, 2.45) is 0 Å². The molecule has 6 heteroatoms. The van der Waals surface area contributed by atoms with Gasteiger partial charge in [-0.05, 0) is 12.5 Å². The molecule has 0 bridgehead atoms. The number of rotatable bonds is 7. The minimum Gasteiger partial charge on any atom is -0.491 e. The Labute approximate surface area is 155 Å². The minimum atomic E-state index is -0.442. The van der Waals surface area contributed by atoms with Gasteiger partial charge in [0.15, 0.2) is 0 Å². The van der Waals surface area contributed by atoms with Gasteiger partial charge in [0.25, 0.3) is 0 Å². The number of hydrogen-bond acceptors (Lipinski definition) is 6. The van der Waals surface area contributed by atoms with Gasteiger partial charge in [0.05, 0.1) is 6.61 Å². The Morgan fingerprint density at radius 1 is 1.08 bits per heavy atom. The highest BCUT2D eigenvalue weighted by Gasteiger charge is 2.17. The summed E-state index contributed by atoms with van der Waals surface area (Å²) in [5.74, 6) is 3.22. The second-order valence-electron chi connectivity index (χ2n) is 6.73. The zero-order chi connectivity index (χ0) is 17.3. The van der Waals surface area contributed by atoms with Crippen LogP contribution in [0.2, 0.25) is 0 Å². The van der Waals surface area contributed by atoms with Crippen molar-refractivity contribution in [3.05, 3.63) is 29.8 Å². The van der Waals surface area contributed by atoms with Gasteiger partial charge in [-0.25, -0.2) is 0 Å². The van der Waals surface area contributed by atoms with Crippen LogP contribution in [-0.4, -0.2) is 85.1 Å². The molecule has 0 amide bonds. The molecule has 2 aliphatic heterocycles. The van der Waals surface area contributed by atoms with Crippen molar-refractivity contribution in [3.63, 3.8) is 0 Å². The molecule has 1 atom stereocenters. The molecule has 1 unspecified atom stereocenters. The molecule has 0 aliphatic carbocycles. The Bertz CT molecular complexity index is 503. The topological polar surface area (TPSA) is 45.2 Å². The van der Waals surface area contributed by atoms with Crippen LogP contribution in [-0.2, 0) is 11.3 Å². The van der Waals surface area contributed by atoms with E-state index in [0.717, 1.165) is 69.6 Å². The number of para-hydroxylation sites is 1. The molecule has 0 spiro atoms. The summed E-state index contributed by atoms with van der Waals surface area (Å²) >= 11 is 1.99. The minimum absolute atomic E-state index is 0.351. The maximum atomic E-state index is 10.3. The Kier molecular flexibility index (Phi) is 7.88. The Hall–Kier alpha value is -0.790. The standard InChI is InChI=1S/C19H30N2O3S/c22-18(15-21-8-12-25-13-9-21)16-24-19-5-2-1-4-17(19)14-20-6-3-10-23-11-7-20/h1-2,4-5,18,22H,3,6-16H2. The maximum Gasteiger partial charge on any atom is 0.123 e. The predicted molar refractivity (Wildman–Crippen MR) is 102 cm³/mol. The van der Waals surface area contributed by atoms with E-state index in [1.165, 1.54) is 5.56 Å². The second-order valence-corrected chi connectivity index (χ2v) is 7.95. The van der Waals surface area contributed by atoms with Crippen LogP contribution in [0.3, 0.4) is 0 Å². The SMILES string of the molecule is OC(COc1ccccc1CN1CCCOCC1)CN1CCSCC1. The zero-order valence-corrected chi connectivity index (χ0v) is 15.8. The van der Waals surface area contributed by atoms with Gasteiger partial charge in [-0.15, -0.1) is 0 Å². The Morgan fingerprint density at radius 2 is 1.92 bits per heavy atom. The van der Waals surface area contributed by atoms with Crippen LogP contribution in [0.5, 0.6) is 5.75 Å². The fourth-order valence-corrected chi connectivity index (χ4v) is 4.27. The average Bonchev–Trinajstić information content (AvgIpc) is 2.90. The number of aliphatic hydroxyl groups is 1. The van der Waals surface area contributed by atoms with E-state index in [9.17, 15) is 5.11 Å². The molecular weight excluding hydrogens is 336 g/mol. The summed E-state index contributed by atoms with van der Waals surface area (Å²) in [6.07, 6.45) is 0.637. The van der Waals surface area contributed by atoms with Crippen LogP contribution in [0.1, 0.15) is 12.0 Å². The van der Waals surface area contributed by atoms with Crippen molar-refractivity contribution in [2.45, 2.75) is 19.1 Å². The summed E-state index contributed by atoms with van der Waals surface area (Å²) in [4.78, 5) is 4.74. The molecule has 2 aliphatic rings. The van der Waals surface area contributed by atoms with Gasteiger partial charge in [0.1, 0.15) is 18.5 Å². The summed E-state index contributed by atoms with van der Waals surface area (Å²) in [7, 11) is 0. The summed E-state index contributed by atoms with van der Waals surface area (Å²) in [6, 6.07) is 8.18. The van der Waals surface area contributed by atoms with E-state index in [4.69, 9.17) is 9.47 Å². The summed E-state index contributed by atoms with van der Waals surface area (Å²) in [5.41, 5.74) is 1.19. The maximum absolute atomic E-state index is 10.3. The first-order valence-electron chi connectivity index (χ1n) is 9.30. The largest absolute Gasteiger partial charge is 0.491 e. The Balaban J connectivity index is 1.49. The molecule has 5 nitrogen and oxygen atoms in total. The lowest BCUT2D eigenvalue weighted by atomic mass is 10.2. The molecule has 2 heterocycles. The smallest absolute Gasteiger partial charge is 0.123 e. The van der Waals surface area contributed by atoms with Crippen molar-refractivity contribution in [2.75, 3.05) is 64.1 Å². The summed E-state index contributed by atoms with van der Waals surface area (Å²) in [6.45, 7) is 7.74. The molecule has 0 aromatic heterocycles. The van der Waals surface area contributed by atoms with Crippen molar-refractivity contribution < 1.29 is 14.6 Å². The number of benzene rings is 1. The van der Waals surface area contributed by atoms with E-state index in [1.54, 1.807) is 0 Å². The highest BCUT2D eigenvalue weighted by molar-refractivity contribution is 7.99. The van der Waals surface area contributed by atoms with Crippen LogP contribution in [0, 0.1) is 0 Å². The lowest BCUT2D eigenvalue weighted by Gasteiger charge is -2.28. The van der Waals surface area contributed by atoms with Crippen LogP contribution >= 0.6 is 11.8 Å². The second kappa shape index (κ2) is 10.4. The number of aliphatic hydroxyl groups excluding tert-OH is 1. The van der Waals surface area contributed by atoms with Gasteiger partial charge in [0, 0.05) is 62.9 Å². The number of nitrogens with zero attached hydrogens (tertiary/aromatic N) is 2. The zero-order valence-electron chi connectivity index (χ0n) is 14.9. The highest BCUT2D eigenvalue weighted by atomic mass is 32.2. The number of thioether (sulfide) groups is 1. The summed E-state index contributed by atoms with van der Waals surface area (Å²) < 4.78 is 11.5. The van der Waals surface area contributed by atoms with Gasteiger partial charge in [-0.1, -0.05) is 18.2 Å². The highest BCUT2D eigenvalue weighted by Crippen LogP contribution is 2.21. The molecule has 0 radical (unpaired) electrons. The molecule has 2 saturated heterocycles. The fourth-order valence-electron chi connectivity index (χ4n) is 3.29. The van der Waals surface area contributed by atoms with Gasteiger partial charge in [-0.3, -0.25) is 9.80 Å². The quantitative estimate of drug-likeness (QED) is 0.792. The molecule has 25 heavy (non-hydrogen) atoms. The van der Waals surface area contributed by atoms with Crippen molar-refractivity contribution >= 4 is 11.8 Å². The third-order valence-corrected chi connectivity index (χ3v) is 5.63. The molecule has 1 aromatic rings. The summed E-state index contributed by atoms with van der Waals surface area (Å²) in [5, 5.41) is 10.3. The van der Waals surface area contributed by atoms with Crippen molar-refractivity contribution in [1.29, 1.82) is 0 Å².